The van der Waals surface area contributed by atoms with Crippen molar-refractivity contribution in [3.8, 4) is 22.9 Å². The minimum absolute atomic E-state index is 0.187. The number of carbonyl (C=O) groups excluding carboxylic acids is 1. The van der Waals surface area contributed by atoms with Crippen molar-refractivity contribution in [1.82, 2.24) is 26.0 Å². The van der Waals surface area contributed by atoms with E-state index < -0.39 is 5.91 Å². The first-order valence-electron chi connectivity index (χ1n) is 10.4. The summed E-state index contributed by atoms with van der Waals surface area (Å²) in [6.07, 6.45) is 1.29. The minimum atomic E-state index is -0.462. The third-order valence-corrected chi connectivity index (χ3v) is 4.85. The van der Waals surface area contributed by atoms with Crippen molar-refractivity contribution in [3.63, 3.8) is 0 Å². The fourth-order valence-electron chi connectivity index (χ4n) is 3.04. The van der Waals surface area contributed by atoms with Crippen LogP contribution in [-0.4, -0.2) is 39.4 Å². The lowest BCUT2D eigenvalue weighted by Gasteiger charge is -2.12. The van der Waals surface area contributed by atoms with Gasteiger partial charge < -0.3 is 19.3 Å². The number of benzene rings is 2. The molecule has 0 radical (unpaired) electrons. The molecule has 4 aromatic rings. The van der Waals surface area contributed by atoms with E-state index in [1.54, 1.807) is 0 Å². The maximum absolute atomic E-state index is 12.3. The predicted octanol–water partition coefficient (Wildman–Crippen LogP) is 3.39. The Morgan fingerprint density at radius 2 is 1.79 bits per heavy atom. The summed E-state index contributed by atoms with van der Waals surface area (Å²) in [5, 5.41) is 7.75. The lowest BCUT2D eigenvalue weighted by Crippen LogP contribution is -2.45. The quantitative estimate of drug-likeness (QED) is 0.269. The van der Waals surface area contributed by atoms with Crippen molar-refractivity contribution >= 4 is 40.0 Å². The smallest absolute Gasteiger partial charge is 0.276 e. The molecule has 2 aromatic carbocycles. The predicted molar refractivity (Wildman–Crippen MR) is 130 cm³/mol. The first-order valence-corrected chi connectivity index (χ1v) is 10.8. The van der Waals surface area contributed by atoms with Gasteiger partial charge >= 0.3 is 0 Å². The molecule has 0 saturated carbocycles. The average Bonchev–Trinajstić information content (AvgIpc) is 3.28. The van der Waals surface area contributed by atoms with Gasteiger partial charge in [-0.1, -0.05) is 35.0 Å². The molecule has 0 fully saturated rings. The van der Waals surface area contributed by atoms with Crippen LogP contribution < -0.4 is 25.6 Å². The summed E-state index contributed by atoms with van der Waals surface area (Å²) < 4.78 is 16.3. The van der Waals surface area contributed by atoms with E-state index in [0.717, 1.165) is 22.6 Å². The molecule has 4 rings (SSSR count). The number of anilines is 1. The molecule has 34 heavy (non-hydrogen) atoms. The molecule has 0 aliphatic heterocycles. The summed E-state index contributed by atoms with van der Waals surface area (Å²) in [6, 6.07) is 15.0. The zero-order valence-electron chi connectivity index (χ0n) is 18.5. The number of ether oxygens (including phenoxy) is 2. The maximum atomic E-state index is 12.3. The minimum Gasteiger partial charge on any atom is -0.494 e. The van der Waals surface area contributed by atoms with Crippen molar-refractivity contribution in [1.29, 1.82) is 0 Å². The third-order valence-electron chi connectivity index (χ3n) is 4.64. The van der Waals surface area contributed by atoms with Gasteiger partial charge in [0, 0.05) is 11.3 Å². The van der Waals surface area contributed by atoms with Crippen LogP contribution in [0.5, 0.6) is 11.6 Å². The largest absolute Gasteiger partial charge is 0.494 e. The molecule has 0 saturated heterocycles. The molecule has 3 N–H and O–H groups in total. The Hall–Kier alpha value is -4.25. The molecule has 0 aliphatic carbocycles. The van der Waals surface area contributed by atoms with Crippen LogP contribution in [0.3, 0.4) is 0 Å². The molecular formula is C23H22N6O4S. The van der Waals surface area contributed by atoms with Crippen LogP contribution in [0.15, 0.2) is 59.4 Å². The van der Waals surface area contributed by atoms with Gasteiger partial charge in [0.05, 0.1) is 6.61 Å². The molecule has 10 nitrogen and oxygen atoms in total. The highest BCUT2D eigenvalue weighted by atomic mass is 32.1. The number of hydrazine groups is 1. The lowest BCUT2D eigenvalue weighted by molar-refractivity contribution is -0.123. The number of thiocarbonyl (C=S) groups is 1. The number of carbonyl (C=O) groups is 1. The zero-order chi connectivity index (χ0) is 23.9. The summed E-state index contributed by atoms with van der Waals surface area (Å²) in [5.41, 5.74) is 8.57. The molecular weight excluding hydrogens is 456 g/mol. The Morgan fingerprint density at radius 1 is 1.03 bits per heavy atom. The monoisotopic (exact) mass is 478 g/mol. The molecule has 174 valence electrons. The first kappa shape index (κ1) is 22.9. The molecule has 2 aromatic heterocycles. The van der Waals surface area contributed by atoms with Crippen LogP contribution in [0, 0.1) is 6.92 Å². The molecule has 0 unspecified atom stereocenters. The van der Waals surface area contributed by atoms with E-state index in [1.807, 2.05) is 62.4 Å². The Kier molecular flexibility index (Phi) is 7.13. The fraction of sp³-hybridized carbons (Fsp3) is 0.174. The van der Waals surface area contributed by atoms with Crippen LogP contribution in [0.1, 0.15) is 12.5 Å². The molecule has 0 bridgehead atoms. The molecule has 0 atom stereocenters. The Balaban J connectivity index is 1.34. The van der Waals surface area contributed by atoms with Crippen LogP contribution in [0.4, 0.5) is 5.69 Å². The highest BCUT2D eigenvalue weighted by molar-refractivity contribution is 7.80. The van der Waals surface area contributed by atoms with E-state index in [9.17, 15) is 4.79 Å². The number of hydrogen-bond donors (Lipinski definition) is 3. The topological polar surface area (TPSA) is 123 Å². The standard InChI is InChI=1S/C23H22N6O4S/c1-3-31-17-10-8-16(9-11-17)26-23(34)28-27-18(30)12-32-21-19-20(15-6-4-14(2)5-7-15)29-33-22(19)25-13-24-21/h4-11,13H,3,12H2,1-2H3,(H,27,30)(H2,26,28,34). The molecule has 11 heteroatoms. The summed E-state index contributed by atoms with van der Waals surface area (Å²) >= 11 is 5.20. The van der Waals surface area contributed by atoms with Gasteiger partial charge in [-0.2, -0.15) is 4.98 Å². The van der Waals surface area contributed by atoms with Crippen molar-refractivity contribution in [2.45, 2.75) is 13.8 Å². The van der Waals surface area contributed by atoms with E-state index in [0.29, 0.717) is 17.7 Å². The van der Waals surface area contributed by atoms with Gasteiger partial charge in [-0.25, -0.2) is 4.98 Å². The zero-order valence-corrected chi connectivity index (χ0v) is 19.3. The second kappa shape index (κ2) is 10.6. The number of amides is 1. The Bertz CT molecular complexity index is 1290. The summed E-state index contributed by atoms with van der Waals surface area (Å²) in [4.78, 5) is 20.5. The van der Waals surface area contributed by atoms with Gasteiger partial charge in [0.15, 0.2) is 11.7 Å². The van der Waals surface area contributed by atoms with Gasteiger partial charge in [-0.05, 0) is 50.3 Å². The first-order chi connectivity index (χ1) is 16.5. The van der Waals surface area contributed by atoms with E-state index >= 15 is 0 Å². The summed E-state index contributed by atoms with van der Waals surface area (Å²) in [5.74, 6) is 0.484. The molecule has 2 heterocycles. The van der Waals surface area contributed by atoms with Gasteiger partial charge in [0.25, 0.3) is 11.6 Å². The highest BCUT2D eigenvalue weighted by Crippen LogP contribution is 2.32. The lowest BCUT2D eigenvalue weighted by atomic mass is 10.1. The van der Waals surface area contributed by atoms with Crippen molar-refractivity contribution in [3.05, 3.63) is 60.4 Å². The van der Waals surface area contributed by atoms with Gasteiger partial charge in [0.2, 0.25) is 5.88 Å². The van der Waals surface area contributed by atoms with Gasteiger partial charge in [-0.15, -0.1) is 0 Å². The van der Waals surface area contributed by atoms with Crippen LogP contribution in [-0.2, 0) is 4.79 Å². The van der Waals surface area contributed by atoms with Crippen LogP contribution >= 0.6 is 12.2 Å². The Labute approximate surface area is 200 Å². The number of nitrogens with one attached hydrogen (secondary N) is 3. The van der Waals surface area contributed by atoms with Crippen LogP contribution in [0.25, 0.3) is 22.4 Å². The number of nitrogens with zero attached hydrogens (tertiary/aromatic N) is 3. The number of aryl methyl sites for hydroxylation is 1. The highest BCUT2D eigenvalue weighted by Gasteiger charge is 2.18. The van der Waals surface area contributed by atoms with Crippen LogP contribution in [0.2, 0.25) is 0 Å². The second-order valence-electron chi connectivity index (χ2n) is 7.13. The second-order valence-corrected chi connectivity index (χ2v) is 7.54. The van der Waals surface area contributed by atoms with Gasteiger partial charge in [0.1, 0.15) is 23.2 Å². The number of hydrogen-bond acceptors (Lipinski definition) is 8. The summed E-state index contributed by atoms with van der Waals surface area (Å²) in [7, 11) is 0. The van der Waals surface area contributed by atoms with E-state index in [1.165, 1.54) is 6.33 Å². The van der Waals surface area contributed by atoms with Crippen molar-refractivity contribution < 1.29 is 18.8 Å². The molecule has 0 spiro atoms. The molecule has 0 aliphatic rings. The maximum Gasteiger partial charge on any atom is 0.276 e. The molecule has 1 amide bonds. The Morgan fingerprint density at radius 3 is 2.53 bits per heavy atom. The van der Waals surface area contributed by atoms with Crippen molar-refractivity contribution in [2.24, 2.45) is 0 Å². The van der Waals surface area contributed by atoms with E-state index in [4.69, 9.17) is 26.2 Å². The van der Waals surface area contributed by atoms with E-state index in [-0.39, 0.29) is 23.3 Å². The average molecular weight is 479 g/mol. The number of aromatic nitrogens is 3. The van der Waals surface area contributed by atoms with Gasteiger partial charge in [-0.3, -0.25) is 15.6 Å². The van der Waals surface area contributed by atoms with E-state index in [2.05, 4.69) is 31.3 Å². The number of fused-ring (bicyclic) bond motifs is 1. The SMILES string of the molecule is CCOc1ccc(NC(=S)NNC(=O)COc2ncnc3onc(-c4ccc(C)cc4)c23)cc1. The number of rotatable bonds is 7. The fourth-order valence-corrected chi connectivity index (χ4v) is 3.21. The third kappa shape index (κ3) is 5.56. The summed E-state index contributed by atoms with van der Waals surface area (Å²) in [6.45, 7) is 4.18. The van der Waals surface area contributed by atoms with Crippen molar-refractivity contribution in [2.75, 3.05) is 18.5 Å². The normalized spacial score (nSPS) is 10.5.